The number of hydrogen-bond donors (Lipinski definition) is 0. The van der Waals surface area contributed by atoms with Crippen molar-refractivity contribution in [2.24, 2.45) is 84.2 Å². The van der Waals surface area contributed by atoms with Crippen LogP contribution in [0.5, 0.6) is 0 Å². The lowest BCUT2D eigenvalue weighted by atomic mass is 9.26. The van der Waals surface area contributed by atoms with Crippen molar-refractivity contribution in [2.45, 2.75) is 137 Å². The first-order valence-corrected chi connectivity index (χ1v) is 15.2. The second kappa shape index (κ2) is 6.76. The average Bonchev–Trinajstić information content (AvgIpc) is 2.91. The van der Waals surface area contributed by atoms with E-state index in [1.165, 1.54) is 12.8 Å². The highest BCUT2D eigenvalue weighted by molar-refractivity contribution is 5.27. The monoisotopic (exact) mass is 485 g/mol. The average molecular weight is 485 g/mol. The Kier molecular flexibility index (Phi) is 5.41. The highest BCUT2D eigenvalue weighted by atomic mass is 14.8. The van der Waals surface area contributed by atoms with Crippen LogP contribution in [0.3, 0.4) is 0 Å². The Balaban J connectivity index is 2.08. The summed E-state index contributed by atoms with van der Waals surface area (Å²) in [6, 6.07) is 0. The number of rotatable bonds is 0. The summed E-state index contributed by atoms with van der Waals surface area (Å²) >= 11 is 0. The molecule has 4 saturated carbocycles. The fourth-order valence-corrected chi connectivity index (χ4v) is 13.6. The van der Waals surface area contributed by atoms with Crippen LogP contribution in [0, 0.1) is 84.2 Å². The summed E-state index contributed by atoms with van der Waals surface area (Å²) in [4.78, 5) is 0. The molecule has 0 N–H and O–H groups in total. The minimum Gasteiger partial charge on any atom is -0.0596 e. The largest absolute Gasteiger partial charge is 0.0596 e. The van der Waals surface area contributed by atoms with Crippen LogP contribution in [0.4, 0.5) is 0 Å². The second-order valence-corrected chi connectivity index (χ2v) is 19.6. The summed E-state index contributed by atoms with van der Waals surface area (Å²) in [7, 11) is 0. The van der Waals surface area contributed by atoms with Gasteiger partial charge in [0.25, 0.3) is 0 Å². The molecule has 0 aromatic carbocycles. The molecule has 6 atom stereocenters. The molecular formula is C35H64. The minimum absolute atomic E-state index is 0.249. The van der Waals surface area contributed by atoms with Crippen LogP contribution in [0.2, 0.25) is 0 Å². The standard InChI is InChI=1S/C35H64/c1-27(2)19-20-28(3,4)23-21(27)22-24(30(23,7)8)31(9,10)26-25(29(22,5)6)32(11,12)34(15,16)35(17,18)33(26,13)14/h21-26H,19-20H2,1-18H3. The van der Waals surface area contributed by atoms with E-state index in [9.17, 15) is 0 Å². The fraction of sp³-hybridized carbons (Fsp3) is 1.00. The van der Waals surface area contributed by atoms with E-state index in [2.05, 4.69) is 125 Å². The van der Waals surface area contributed by atoms with Crippen molar-refractivity contribution in [2.75, 3.05) is 0 Å². The molecule has 6 unspecified atom stereocenters. The van der Waals surface area contributed by atoms with Gasteiger partial charge < -0.3 is 0 Å². The third-order valence-corrected chi connectivity index (χ3v) is 15.8. The summed E-state index contributed by atoms with van der Waals surface area (Å²) in [5, 5.41) is 0. The molecule has 0 aromatic rings. The Hall–Kier alpha value is 0. The number of hydrogen-bond acceptors (Lipinski definition) is 0. The van der Waals surface area contributed by atoms with Crippen molar-refractivity contribution in [1.29, 1.82) is 0 Å². The zero-order valence-electron chi connectivity index (χ0n) is 27.4. The maximum atomic E-state index is 2.75. The molecule has 0 bridgehead atoms. The smallest absolute Gasteiger partial charge is 0.0244 e. The van der Waals surface area contributed by atoms with E-state index in [-0.39, 0.29) is 21.7 Å². The zero-order valence-corrected chi connectivity index (χ0v) is 27.4. The van der Waals surface area contributed by atoms with Gasteiger partial charge in [-0.2, -0.15) is 0 Å². The third kappa shape index (κ3) is 2.88. The molecule has 0 heteroatoms. The molecule has 0 aromatic heterocycles. The van der Waals surface area contributed by atoms with Crippen molar-refractivity contribution in [3.63, 3.8) is 0 Å². The van der Waals surface area contributed by atoms with Gasteiger partial charge in [-0.25, -0.2) is 0 Å². The van der Waals surface area contributed by atoms with Gasteiger partial charge in [-0.05, 0) is 97.1 Å². The molecule has 0 amide bonds. The van der Waals surface area contributed by atoms with Gasteiger partial charge in [0.2, 0.25) is 0 Å². The van der Waals surface area contributed by atoms with Gasteiger partial charge in [-0.3, -0.25) is 0 Å². The molecule has 0 saturated heterocycles. The van der Waals surface area contributed by atoms with Gasteiger partial charge in [0.1, 0.15) is 0 Å². The number of fused-ring (bicyclic) bond motifs is 4. The van der Waals surface area contributed by atoms with E-state index < -0.39 is 0 Å². The Morgan fingerprint density at radius 1 is 0.343 bits per heavy atom. The maximum Gasteiger partial charge on any atom is -0.0244 e. The van der Waals surface area contributed by atoms with Crippen molar-refractivity contribution in [3.05, 3.63) is 0 Å². The lowest BCUT2D eigenvalue weighted by Crippen LogP contribution is -2.73. The van der Waals surface area contributed by atoms with Crippen LogP contribution in [-0.4, -0.2) is 0 Å². The second-order valence-electron chi connectivity index (χ2n) is 19.6. The van der Waals surface area contributed by atoms with E-state index in [4.69, 9.17) is 0 Å². The topological polar surface area (TPSA) is 0 Å². The Labute approximate surface area is 221 Å². The normalized spacial score (nSPS) is 46.1. The van der Waals surface area contributed by atoms with E-state index in [1.54, 1.807) is 0 Å². The predicted octanol–water partition coefficient (Wildman–Crippen LogP) is 10.8. The maximum absolute atomic E-state index is 2.75. The van der Waals surface area contributed by atoms with Crippen molar-refractivity contribution in [1.82, 2.24) is 0 Å². The van der Waals surface area contributed by atoms with Crippen molar-refractivity contribution >= 4 is 0 Å². The predicted molar refractivity (Wildman–Crippen MR) is 154 cm³/mol. The van der Waals surface area contributed by atoms with Gasteiger partial charge in [-0.1, -0.05) is 125 Å². The van der Waals surface area contributed by atoms with Crippen LogP contribution >= 0.6 is 0 Å². The van der Waals surface area contributed by atoms with E-state index in [0.29, 0.717) is 38.9 Å². The molecule has 204 valence electrons. The molecule has 0 radical (unpaired) electrons. The van der Waals surface area contributed by atoms with Gasteiger partial charge in [-0.15, -0.1) is 0 Å². The van der Waals surface area contributed by atoms with Crippen molar-refractivity contribution < 1.29 is 0 Å². The highest BCUT2D eigenvalue weighted by Gasteiger charge is 2.79. The Morgan fingerprint density at radius 2 is 0.686 bits per heavy atom. The zero-order chi connectivity index (χ0) is 27.4. The first-order chi connectivity index (χ1) is 15.2. The Morgan fingerprint density at radius 3 is 1.11 bits per heavy atom. The summed E-state index contributed by atoms with van der Waals surface area (Å²) in [6.45, 7) is 48.1. The van der Waals surface area contributed by atoms with Gasteiger partial charge in [0.15, 0.2) is 0 Å². The SMILES string of the molecule is CC1(C)CCC(C)(C)C2C1C1C(C2(C)C)C(C)(C)C2C(C1(C)C)C(C)(C)C(C)(C)C(C)(C)C2(C)C. The van der Waals surface area contributed by atoms with Crippen LogP contribution < -0.4 is 0 Å². The molecular weight excluding hydrogens is 420 g/mol. The van der Waals surface area contributed by atoms with E-state index in [1.807, 2.05) is 0 Å². The summed E-state index contributed by atoms with van der Waals surface area (Å²) in [5.74, 6) is 4.54. The summed E-state index contributed by atoms with van der Waals surface area (Å²) in [5.41, 5.74) is 2.81. The molecule has 0 nitrogen and oxygen atoms in total. The lowest BCUT2D eigenvalue weighted by molar-refractivity contribution is -0.309. The van der Waals surface area contributed by atoms with Crippen LogP contribution in [-0.2, 0) is 0 Å². The molecule has 0 spiro atoms. The minimum atomic E-state index is 0.249. The molecule has 4 fully saturated rings. The molecule has 0 aliphatic heterocycles. The first kappa shape index (κ1) is 28.0. The van der Waals surface area contributed by atoms with E-state index in [0.717, 1.165) is 23.7 Å². The van der Waals surface area contributed by atoms with Gasteiger partial charge >= 0.3 is 0 Å². The summed E-state index contributed by atoms with van der Waals surface area (Å²) < 4.78 is 0. The molecule has 0 heterocycles. The van der Waals surface area contributed by atoms with Crippen LogP contribution in [0.25, 0.3) is 0 Å². The van der Waals surface area contributed by atoms with Gasteiger partial charge in [0.05, 0.1) is 0 Å². The van der Waals surface area contributed by atoms with Crippen LogP contribution in [0.1, 0.15) is 137 Å². The molecule has 35 heavy (non-hydrogen) atoms. The highest BCUT2D eigenvalue weighted by Crippen LogP contribution is 2.85. The van der Waals surface area contributed by atoms with Gasteiger partial charge in [0, 0.05) is 0 Å². The van der Waals surface area contributed by atoms with Crippen LogP contribution in [0.15, 0.2) is 0 Å². The fourth-order valence-electron chi connectivity index (χ4n) is 13.6. The first-order valence-electron chi connectivity index (χ1n) is 15.2. The summed E-state index contributed by atoms with van der Waals surface area (Å²) in [6.07, 6.45) is 2.77. The Bertz CT molecular complexity index is 883. The molecule has 4 rings (SSSR count). The molecule has 4 aliphatic carbocycles. The lowest BCUT2D eigenvalue weighted by Gasteiger charge is -2.78. The molecule has 4 aliphatic rings. The van der Waals surface area contributed by atoms with Crippen molar-refractivity contribution in [3.8, 4) is 0 Å². The van der Waals surface area contributed by atoms with E-state index >= 15 is 0 Å². The third-order valence-electron chi connectivity index (χ3n) is 15.8. The quantitative estimate of drug-likeness (QED) is 0.320.